The van der Waals surface area contributed by atoms with Gasteiger partial charge in [0.15, 0.2) is 5.69 Å². The van der Waals surface area contributed by atoms with Gasteiger partial charge >= 0.3 is 6.18 Å². The first kappa shape index (κ1) is 17.5. The summed E-state index contributed by atoms with van der Waals surface area (Å²) in [4.78, 5) is 9.65. The van der Waals surface area contributed by atoms with Crippen molar-refractivity contribution in [2.75, 3.05) is 23.3 Å². The normalized spacial score (nSPS) is 11.8. The molecule has 1 rings (SSSR count). The molecule has 0 aliphatic rings. The lowest BCUT2D eigenvalue weighted by Crippen LogP contribution is -2.33. The van der Waals surface area contributed by atoms with E-state index in [0.29, 0.717) is 18.9 Å². The van der Waals surface area contributed by atoms with E-state index in [4.69, 9.17) is 0 Å². The van der Waals surface area contributed by atoms with Crippen molar-refractivity contribution in [1.29, 1.82) is 0 Å². The lowest BCUT2D eigenvalue weighted by atomic mass is 10.2. The van der Waals surface area contributed by atoms with Crippen LogP contribution in [-0.4, -0.2) is 29.1 Å². The van der Waals surface area contributed by atoms with E-state index in [0.717, 1.165) is 18.9 Å². The summed E-state index contributed by atoms with van der Waals surface area (Å²) in [6.07, 6.45) is -2.85. The maximum Gasteiger partial charge on any atom is 0.433 e. The van der Waals surface area contributed by atoms with Crippen LogP contribution in [0, 0.1) is 0 Å². The number of halogens is 3. The van der Waals surface area contributed by atoms with Gasteiger partial charge in [-0.2, -0.15) is 18.2 Å². The Morgan fingerprint density at radius 1 is 1.19 bits per heavy atom. The fourth-order valence-electron chi connectivity index (χ4n) is 1.92. The molecule has 120 valence electrons. The lowest BCUT2D eigenvalue weighted by molar-refractivity contribution is -0.141. The van der Waals surface area contributed by atoms with E-state index in [1.54, 1.807) is 0 Å². The molecule has 0 unspecified atom stereocenters. The molecule has 21 heavy (non-hydrogen) atoms. The van der Waals surface area contributed by atoms with Crippen LogP contribution in [0.25, 0.3) is 0 Å². The predicted octanol–water partition coefficient (Wildman–Crippen LogP) is 3.94. The van der Waals surface area contributed by atoms with Crippen molar-refractivity contribution in [3.05, 3.63) is 11.8 Å². The van der Waals surface area contributed by atoms with Crippen LogP contribution in [-0.2, 0) is 6.18 Å². The number of hydrogen-bond donors (Lipinski definition) is 1. The third kappa shape index (κ3) is 5.06. The first-order valence-corrected chi connectivity index (χ1v) is 7.26. The number of hydrogen-bond acceptors (Lipinski definition) is 4. The molecule has 0 aromatic carbocycles. The zero-order chi connectivity index (χ0) is 16.0. The summed E-state index contributed by atoms with van der Waals surface area (Å²) in [5.41, 5.74) is -0.909. The topological polar surface area (TPSA) is 41.1 Å². The SMILES string of the molecule is CCCNc1nc(N(CCC)C(C)C)cc(C(F)(F)F)n1. The average molecular weight is 304 g/mol. The molecular weight excluding hydrogens is 281 g/mol. The van der Waals surface area contributed by atoms with Gasteiger partial charge in [-0.05, 0) is 26.7 Å². The molecule has 0 fully saturated rings. The van der Waals surface area contributed by atoms with E-state index in [-0.39, 0.29) is 12.0 Å². The predicted molar refractivity (Wildman–Crippen MR) is 78.6 cm³/mol. The summed E-state index contributed by atoms with van der Waals surface area (Å²) in [6, 6.07) is 1.09. The van der Waals surface area contributed by atoms with Gasteiger partial charge in [0.1, 0.15) is 5.82 Å². The Morgan fingerprint density at radius 3 is 2.33 bits per heavy atom. The summed E-state index contributed by atoms with van der Waals surface area (Å²) in [5.74, 6) is 0.344. The van der Waals surface area contributed by atoms with Crippen LogP contribution < -0.4 is 10.2 Å². The van der Waals surface area contributed by atoms with Gasteiger partial charge in [0, 0.05) is 25.2 Å². The van der Waals surface area contributed by atoms with E-state index in [2.05, 4.69) is 15.3 Å². The maximum absolute atomic E-state index is 13.0. The minimum atomic E-state index is -4.48. The molecule has 0 amide bonds. The first-order valence-electron chi connectivity index (χ1n) is 7.26. The van der Waals surface area contributed by atoms with E-state index < -0.39 is 11.9 Å². The number of alkyl halides is 3. The Balaban J connectivity index is 3.22. The number of anilines is 2. The van der Waals surface area contributed by atoms with E-state index in [1.807, 2.05) is 32.6 Å². The van der Waals surface area contributed by atoms with Crippen LogP contribution in [0.3, 0.4) is 0 Å². The van der Waals surface area contributed by atoms with Crippen molar-refractivity contribution in [3.63, 3.8) is 0 Å². The van der Waals surface area contributed by atoms with Crippen LogP contribution >= 0.6 is 0 Å². The summed E-state index contributed by atoms with van der Waals surface area (Å²) in [5, 5.41) is 2.83. The van der Waals surface area contributed by atoms with Crippen LogP contribution in [0.5, 0.6) is 0 Å². The quantitative estimate of drug-likeness (QED) is 0.828. The molecule has 1 heterocycles. The molecule has 0 saturated carbocycles. The van der Waals surface area contributed by atoms with Crippen molar-refractivity contribution in [2.24, 2.45) is 0 Å². The minimum absolute atomic E-state index is 0.0310. The van der Waals surface area contributed by atoms with E-state index >= 15 is 0 Å². The average Bonchev–Trinajstić information content (AvgIpc) is 2.40. The Kier molecular flexibility index (Phi) is 6.23. The Labute approximate surface area is 123 Å². The standard InChI is InChI=1S/C14H23F3N4/c1-5-7-18-13-19-11(14(15,16)17)9-12(20-13)21(8-6-2)10(3)4/h9-10H,5-8H2,1-4H3,(H,18,19,20). The molecule has 4 nitrogen and oxygen atoms in total. The molecule has 7 heteroatoms. The van der Waals surface area contributed by atoms with Gasteiger partial charge in [-0.3, -0.25) is 0 Å². The summed E-state index contributed by atoms with van der Waals surface area (Å²) in [6.45, 7) is 8.97. The third-order valence-corrected chi connectivity index (χ3v) is 2.92. The Morgan fingerprint density at radius 2 is 1.86 bits per heavy atom. The molecule has 0 radical (unpaired) electrons. The molecule has 0 aliphatic carbocycles. The minimum Gasteiger partial charge on any atom is -0.354 e. The number of aromatic nitrogens is 2. The molecular formula is C14H23F3N4. The largest absolute Gasteiger partial charge is 0.433 e. The zero-order valence-electron chi connectivity index (χ0n) is 13.0. The second kappa shape index (κ2) is 7.47. The van der Waals surface area contributed by atoms with Gasteiger partial charge in [-0.15, -0.1) is 0 Å². The number of nitrogens with one attached hydrogen (secondary N) is 1. The number of rotatable bonds is 7. The highest BCUT2D eigenvalue weighted by molar-refractivity contribution is 5.46. The highest BCUT2D eigenvalue weighted by atomic mass is 19.4. The Bertz CT molecular complexity index is 446. The van der Waals surface area contributed by atoms with Crippen LogP contribution in [0.15, 0.2) is 6.07 Å². The number of nitrogens with zero attached hydrogens (tertiary/aromatic N) is 3. The zero-order valence-corrected chi connectivity index (χ0v) is 13.0. The first-order chi connectivity index (χ1) is 9.79. The van der Waals surface area contributed by atoms with Crippen molar-refractivity contribution in [3.8, 4) is 0 Å². The second-order valence-electron chi connectivity index (χ2n) is 5.15. The van der Waals surface area contributed by atoms with Gasteiger partial charge in [0.25, 0.3) is 0 Å². The molecule has 0 aliphatic heterocycles. The molecule has 0 atom stereocenters. The van der Waals surface area contributed by atoms with Crippen LogP contribution in [0.1, 0.15) is 46.2 Å². The highest BCUT2D eigenvalue weighted by Gasteiger charge is 2.34. The van der Waals surface area contributed by atoms with Gasteiger partial charge < -0.3 is 10.2 Å². The smallest absolute Gasteiger partial charge is 0.354 e. The van der Waals surface area contributed by atoms with Crippen molar-refractivity contribution in [2.45, 2.75) is 52.8 Å². The van der Waals surface area contributed by atoms with E-state index in [1.165, 1.54) is 0 Å². The molecule has 0 spiro atoms. The third-order valence-electron chi connectivity index (χ3n) is 2.92. The van der Waals surface area contributed by atoms with Crippen LogP contribution in [0.2, 0.25) is 0 Å². The van der Waals surface area contributed by atoms with Crippen molar-refractivity contribution in [1.82, 2.24) is 9.97 Å². The van der Waals surface area contributed by atoms with Crippen LogP contribution in [0.4, 0.5) is 24.9 Å². The van der Waals surface area contributed by atoms with Crippen molar-refractivity contribution >= 4 is 11.8 Å². The Hall–Kier alpha value is -1.53. The monoisotopic (exact) mass is 304 g/mol. The highest BCUT2D eigenvalue weighted by Crippen LogP contribution is 2.31. The van der Waals surface area contributed by atoms with Crippen molar-refractivity contribution < 1.29 is 13.2 Å². The lowest BCUT2D eigenvalue weighted by Gasteiger charge is -2.28. The summed E-state index contributed by atoms with van der Waals surface area (Å²) >= 11 is 0. The molecule has 1 aromatic rings. The fraction of sp³-hybridized carbons (Fsp3) is 0.714. The van der Waals surface area contributed by atoms with Gasteiger partial charge in [-0.1, -0.05) is 13.8 Å². The molecule has 1 N–H and O–H groups in total. The van der Waals surface area contributed by atoms with Gasteiger partial charge in [-0.25, -0.2) is 4.98 Å². The fourth-order valence-corrected chi connectivity index (χ4v) is 1.92. The summed E-state index contributed by atoms with van der Waals surface area (Å²) < 4.78 is 39.0. The second-order valence-corrected chi connectivity index (χ2v) is 5.15. The molecule has 0 bridgehead atoms. The maximum atomic E-state index is 13.0. The molecule has 0 saturated heterocycles. The summed E-state index contributed by atoms with van der Waals surface area (Å²) in [7, 11) is 0. The van der Waals surface area contributed by atoms with E-state index in [9.17, 15) is 13.2 Å². The van der Waals surface area contributed by atoms with Gasteiger partial charge in [0.05, 0.1) is 0 Å². The van der Waals surface area contributed by atoms with Gasteiger partial charge in [0.2, 0.25) is 5.95 Å². The molecule has 1 aromatic heterocycles.